The summed E-state index contributed by atoms with van der Waals surface area (Å²) in [5.74, 6) is 0.310. The highest BCUT2D eigenvalue weighted by Crippen LogP contribution is 2.25. The molecule has 0 aliphatic heterocycles. The second kappa shape index (κ2) is 5.45. The van der Waals surface area contributed by atoms with E-state index < -0.39 is 4.92 Å². The standard InChI is InChI=1S/C11H10BrN3O2S/c1-7-2-4-9(15(16)17)11(14-7)13-6-8-3-5-10(12)18-8/h2-5H,6H2,1H3,(H,13,14). The number of hydrogen-bond donors (Lipinski definition) is 1. The number of halogens is 1. The van der Waals surface area contributed by atoms with Crippen molar-refractivity contribution in [3.63, 3.8) is 0 Å². The number of nitro groups is 1. The molecule has 2 aromatic heterocycles. The maximum atomic E-state index is 10.9. The van der Waals surface area contributed by atoms with Crippen molar-refractivity contribution in [2.75, 3.05) is 5.32 Å². The molecule has 7 heteroatoms. The highest BCUT2D eigenvalue weighted by molar-refractivity contribution is 9.11. The first-order chi connectivity index (χ1) is 8.56. The minimum absolute atomic E-state index is 0.00350. The highest BCUT2D eigenvalue weighted by Gasteiger charge is 2.14. The Morgan fingerprint density at radius 3 is 2.83 bits per heavy atom. The molecule has 1 N–H and O–H groups in total. The van der Waals surface area contributed by atoms with Crippen molar-refractivity contribution in [1.82, 2.24) is 4.98 Å². The Morgan fingerprint density at radius 1 is 1.44 bits per heavy atom. The largest absolute Gasteiger partial charge is 0.359 e. The highest BCUT2D eigenvalue weighted by atomic mass is 79.9. The predicted octanol–water partition coefficient (Wildman–Crippen LogP) is 3.73. The van der Waals surface area contributed by atoms with Crippen LogP contribution in [0.15, 0.2) is 28.1 Å². The zero-order chi connectivity index (χ0) is 13.1. The Bertz CT molecular complexity index is 585. The number of hydrogen-bond acceptors (Lipinski definition) is 5. The van der Waals surface area contributed by atoms with Crippen LogP contribution in [0.1, 0.15) is 10.6 Å². The van der Waals surface area contributed by atoms with Crippen LogP contribution in [0.4, 0.5) is 11.5 Å². The first-order valence-electron chi connectivity index (χ1n) is 5.16. The lowest BCUT2D eigenvalue weighted by atomic mass is 10.3. The van der Waals surface area contributed by atoms with Gasteiger partial charge in [-0.1, -0.05) is 0 Å². The Labute approximate surface area is 116 Å². The molecule has 2 heterocycles. The van der Waals surface area contributed by atoms with Crippen LogP contribution < -0.4 is 5.32 Å². The van der Waals surface area contributed by atoms with E-state index in [0.717, 1.165) is 14.4 Å². The number of aryl methyl sites for hydroxylation is 1. The van der Waals surface area contributed by atoms with Crippen LogP contribution in [0, 0.1) is 17.0 Å². The van der Waals surface area contributed by atoms with Crippen LogP contribution in [0.25, 0.3) is 0 Å². The van der Waals surface area contributed by atoms with Crippen LogP contribution >= 0.6 is 27.3 Å². The third-order valence-corrected chi connectivity index (χ3v) is 3.89. The lowest BCUT2D eigenvalue weighted by molar-refractivity contribution is -0.384. The maximum absolute atomic E-state index is 10.9. The minimum atomic E-state index is -0.431. The van der Waals surface area contributed by atoms with E-state index in [-0.39, 0.29) is 5.69 Å². The van der Waals surface area contributed by atoms with E-state index in [4.69, 9.17) is 0 Å². The number of aromatic nitrogens is 1. The van der Waals surface area contributed by atoms with Crippen LogP contribution in [0.5, 0.6) is 0 Å². The van der Waals surface area contributed by atoms with E-state index in [0.29, 0.717) is 12.4 Å². The van der Waals surface area contributed by atoms with Crippen LogP contribution in [0.2, 0.25) is 0 Å². The van der Waals surface area contributed by atoms with Gasteiger partial charge in [-0.2, -0.15) is 0 Å². The van der Waals surface area contributed by atoms with Gasteiger partial charge in [0.15, 0.2) is 0 Å². The van der Waals surface area contributed by atoms with Crippen LogP contribution in [-0.4, -0.2) is 9.91 Å². The zero-order valence-electron chi connectivity index (χ0n) is 9.51. The second-order valence-corrected chi connectivity index (χ2v) is 6.18. The molecule has 2 aromatic rings. The van der Waals surface area contributed by atoms with E-state index >= 15 is 0 Å². The van der Waals surface area contributed by atoms with Crippen molar-refractivity contribution in [2.45, 2.75) is 13.5 Å². The van der Waals surface area contributed by atoms with E-state index in [9.17, 15) is 10.1 Å². The predicted molar refractivity (Wildman–Crippen MR) is 75.0 cm³/mol. The summed E-state index contributed by atoms with van der Waals surface area (Å²) in [5, 5.41) is 13.9. The van der Waals surface area contributed by atoms with Gasteiger partial charge in [0.2, 0.25) is 5.82 Å². The topological polar surface area (TPSA) is 68.1 Å². The molecule has 94 valence electrons. The maximum Gasteiger partial charge on any atom is 0.311 e. The molecule has 0 saturated carbocycles. The molecule has 0 saturated heterocycles. The Morgan fingerprint density at radius 2 is 2.22 bits per heavy atom. The van der Waals surface area contributed by atoms with Crippen molar-refractivity contribution >= 4 is 38.8 Å². The van der Waals surface area contributed by atoms with Crippen molar-refractivity contribution < 1.29 is 4.92 Å². The molecule has 0 fully saturated rings. The average Bonchev–Trinajstić information content (AvgIpc) is 2.72. The van der Waals surface area contributed by atoms with Gasteiger partial charge in [0.1, 0.15) is 0 Å². The average molecular weight is 328 g/mol. The summed E-state index contributed by atoms with van der Waals surface area (Å²) in [6, 6.07) is 7.00. The van der Waals surface area contributed by atoms with Gasteiger partial charge in [0.05, 0.1) is 15.3 Å². The fourth-order valence-electron chi connectivity index (χ4n) is 1.44. The van der Waals surface area contributed by atoms with Crippen molar-refractivity contribution in [3.05, 3.63) is 48.7 Å². The monoisotopic (exact) mass is 327 g/mol. The molecule has 0 unspecified atom stereocenters. The number of nitrogens with one attached hydrogen (secondary N) is 1. The molecular weight excluding hydrogens is 318 g/mol. The van der Waals surface area contributed by atoms with E-state index in [1.807, 2.05) is 12.1 Å². The molecule has 0 radical (unpaired) electrons. The molecule has 0 atom stereocenters. The molecule has 0 amide bonds. The summed E-state index contributed by atoms with van der Waals surface area (Å²) < 4.78 is 1.03. The molecule has 0 aliphatic carbocycles. The molecule has 5 nitrogen and oxygen atoms in total. The number of thiophene rings is 1. The molecule has 0 aliphatic rings. The number of rotatable bonds is 4. The Kier molecular flexibility index (Phi) is 3.93. The summed E-state index contributed by atoms with van der Waals surface area (Å²) in [7, 11) is 0. The lowest BCUT2D eigenvalue weighted by Crippen LogP contribution is -2.04. The number of nitrogens with zero attached hydrogens (tertiary/aromatic N) is 2. The van der Waals surface area contributed by atoms with Gasteiger partial charge in [0.25, 0.3) is 0 Å². The van der Waals surface area contributed by atoms with Gasteiger partial charge in [-0.3, -0.25) is 10.1 Å². The quantitative estimate of drug-likeness (QED) is 0.686. The first-order valence-corrected chi connectivity index (χ1v) is 6.77. The fourth-order valence-corrected chi connectivity index (χ4v) is 2.87. The Hall–Kier alpha value is -1.47. The van der Waals surface area contributed by atoms with Crippen molar-refractivity contribution in [2.24, 2.45) is 0 Å². The van der Waals surface area contributed by atoms with E-state index in [2.05, 4.69) is 26.2 Å². The van der Waals surface area contributed by atoms with E-state index in [1.54, 1.807) is 24.3 Å². The molecular formula is C11H10BrN3O2S. The van der Waals surface area contributed by atoms with Gasteiger partial charge in [0, 0.05) is 16.6 Å². The summed E-state index contributed by atoms with van der Waals surface area (Å²) in [5.41, 5.74) is 0.742. The number of pyridine rings is 1. The summed E-state index contributed by atoms with van der Waals surface area (Å²) in [4.78, 5) is 15.7. The van der Waals surface area contributed by atoms with Gasteiger partial charge >= 0.3 is 5.69 Å². The SMILES string of the molecule is Cc1ccc([N+](=O)[O-])c(NCc2ccc(Br)s2)n1. The molecule has 2 rings (SSSR count). The fraction of sp³-hybridized carbons (Fsp3) is 0.182. The summed E-state index contributed by atoms with van der Waals surface area (Å²) >= 11 is 4.96. The first kappa shape index (κ1) is 13.0. The normalized spacial score (nSPS) is 10.3. The summed E-state index contributed by atoms with van der Waals surface area (Å²) in [6.45, 7) is 2.32. The molecule has 18 heavy (non-hydrogen) atoms. The van der Waals surface area contributed by atoms with Crippen molar-refractivity contribution in [1.29, 1.82) is 0 Å². The second-order valence-electron chi connectivity index (χ2n) is 3.64. The minimum Gasteiger partial charge on any atom is -0.359 e. The van der Waals surface area contributed by atoms with Gasteiger partial charge in [-0.25, -0.2) is 4.98 Å². The van der Waals surface area contributed by atoms with Crippen LogP contribution in [0.3, 0.4) is 0 Å². The van der Waals surface area contributed by atoms with Gasteiger partial charge in [-0.15, -0.1) is 11.3 Å². The van der Waals surface area contributed by atoms with Gasteiger partial charge < -0.3 is 5.32 Å². The van der Waals surface area contributed by atoms with E-state index in [1.165, 1.54) is 6.07 Å². The number of anilines is 1. The Balaban J connectivity index is 2.17. The zero-order valence-corrected chi connectivity index (χ0v) is 11.9. The summed E-state index contributed by atoms with van der Waals surface area (Å²) in [6.07, 6.45) is 0. The molecule has 0 bridgehead atoms. The third-order valence-electron chi connectivity index (χ3n) is 2.27. The van der Waals surface area contributed by atoms with Crippen LogP contribution in [-0.2, 0) is 6.54 Å². The van der Waals surface area contributed by atoms with Gasteiger partial charge in [-0.05, 0) is 41.1 Å². The smallest absolute Gasteiger partial charge is 0.311 e. The lowest BCUT2D eigenvalue weighted by Gasteiger charge is -2.05. The molecule has 0 aromatic carbocycles. The third kappa shape index (κ3) is 3.05. The molecule has 0 spiro atoms. The van der Waals surface area contributed by atoms with Crippen molar-refractivity contribution in [3.8, 4) is 0 Å².